The van der Waals surface area contributed by atoms with E-state index in [9.17, 15) is 10.1 Å². The fourth-order valence-electron chi connectivity index (χ4n) is 1.45. The molecule has 0 bridgehead atoms. The topological polar surface area (TPSA) is 64.4 Å². The Hall–Kier alpha value is -1.17. The van der Waals surface area contributed by atoms with Crippen molar-refractivity contribution in [2.75, 3.05) is 20.3 Å². The molecule has 0 aliphatic heterocycles. The molecule has 0 aromatic heterocycles. The van der Waals surface area contributed by atoms with Crippen LogP contribution in [0, 0.1) is 10.1 Å². The van der Waals surface area contributed by atoms with E-state index in [1.54, 1.807) is 19.2 Å². The molecule has 1 rings (SSSR count). The van der Waals surface area contributed by atoms with E-state index in [4.69, 9.17) is 16.3 Å². The van der Waals surface area contributed by atoms with Crippen molar-refractivity contribution in [1.82, 2.24) is 5.32 Å². The Kier molecular flexibility index (Phi) is 5.90. The fourth-order valence-corrected chi connectivity index (χ4v) is 1.68. The van der Waals surface area contributed by atoms with E-state index >= 15 is 0 Å². The van der Waals surface area contributed by atoms with Gasteiger partial charge in [-0.05, 0) is 19.0 Å². The maximum absolute atomic E-state index is 10.8. The maximum atomic E-state index is 10.8. The van der Waals surface area contributed by atoms with Gasteiger partial charge in [0.2, 0.25) is 0 Å². The molecule has 0 spiro atoms. The van der Waals surface area contributed by atoms with E-state index in [0.717, 1.165) is 13.0 Å². The second kappa shape index (κ2) is 7.21. The zero-order valence-corrected chi connectivity index (χ0v) is 10.4. The molecule has 0 aliphatic carbocycles. The highest BCUT2D eigenvalue weighted by Gasteiger charge is 2.15. The van der Waals surface area contributed by atoms with Crippen molar-refractivity contribution in [1.29, 1.82) is 0 Å². The number of ether oxygens (including phenoxy) is 1. The molecule has 17 heavy (non-hydrogen) atoms. The molecule has 1 aromatic rings. The van der Waals surface area contributed by atoms with Crippen LogP contribution in [-0.2, 0) is 11.3 Å². The van der Waals surface area contributed by atoms with E-state index < -0.39 is 4.92 Å². The van der Waals surface area contributed by atoms with Crippen molar-refractivity contribution in [2.24, 2.45) is 0 Å². The summed E-state index contributed by atoms with van der Waals surface area (Å²) in [5.74, 6) is 0. The van der Waals surface area contributed by atoms with E-state index in [0.29, 0.717) is 23.7 Å². The first-order valence-corrected chi connectivity index (χ1v) is 5.66. The zero-order valence-electron chi connectivity index (χ0n) is 9.61. The van der Waals surface area contributed by atoms with Crippen molar-refractivity contribution in [2.45, 2.75) is 13.0 Å². The number of nitro groups is 1. The van der Waals surface area contributed by atoms with Crippen LogP contribution in [0.25, 0.3) is 0 Å². The predicted octanol–water partition coefficient (Wildman–Crippen LogP) is 2.37. The molecule has 1 N–H and O–H groups in total. The predicted molar refractivity (Wildman–Crippen MR) is 66.3 cm³/mol. The standard InChI is InChI=1S/C11H15ClN2O3/c1-17-7-3-6-13-8-9-10(12)4-2-5-11(9)14(15)16/h2,4-5,13H,3,6-8H2,1H3. The summed E-state index contributed by atoms with van der Waals surface area (Å²) in [6.07, 6.45) is 0.856. The lowest BCUT2D eigenvalue weighted by molar-refractivity contribution is -0.385. The van der Waals surface area contributed by atoms with Gasteiger partial charge in [-0.15, -0.1) is 0 Å². The van der Waals surface area contributed by atoms with E-state index in [1.807, 2.05) is 0 Å². The van der Waals surface area contributed by atoms with Gasteiger partial charge < -0.3 is 10.1 Å². The fraction of sp³-hybridized carbons (Fsp3) is 0.455. The number of methoxy groups -OCH3 is 1. The normalized spacial score (nSPS) is 10.5. The molecule has 0 amide bonds. The molecule has 0 atom stereocenters. The Bertz CT molecular complexity index is 385. The van der Waals surface area contributed by atoms with Crippen molar-refractivity contribution >= 4 is 17.3 Å². The van der Waals surface area contributed by atoms with Crippen LogP contribution in [0.2, 0.25) is 5.02 Å². The largest absolute Gasteiger partial charge is 0.385 e. The van der Waals surface area contributed by atoms with Gasteiger partial charge in [-0.1, -0.05) is 17.7 Å². The lowest BCUT2D eigenvalue weighted by Crippen LogP contribution is -2.17. The molecule has 0 saturated carbocycles. The molecule has 0 radical (unpaired) electrons. The van der Waals surface area contributed by atoms with Crippen molar-refractivity contribution in [3.05, 3.63) is 38.9 Å². The first-order valence-electron chi connectivity index (χ1n) is 5.28. The number of rotatable bonds is 7. The molecule has 0 aliphatic rings. The second-order valence-electron chi connectivity index (χ2n) is 3.52. The van der Waals surface area contributed by atoms with Gasteiger partial charge in [0.1, 0.15) is 0 Å². The number of nitrogens with one attached hydrogen (secondary N) is 1. The smallest absolute Gasteiger partial charge is 0.275 e. The Balaban J connectivity index is 2.60. The zero-order chi connectivity index (χ0) is 12.7. The minimum atomic E-state index is -0.419. The highest BCUT2D eigenvalue weighted by Crippen LogP contribution is 2.25. The summed E-state index contributed by atoms with van der Waals surface area (Å²) in [5, 5.41) is 14.3. The van der Waals surface area contributed by atoms with Gasteiger partial charge >= 0.3 is 0 Å². The lowest BCUT2D eigenvalue weighted by atomic mass is 10.2. The summed E-state index contributed by atoms with van der Waals surface area (Å²) in [5.41, 5.74) is 0.577. The third-order valence-corrected chi connectivity index (χ3v) is 2.65. The molecule has 5 nitrogen and oxygen atoms in total. The Morgan fingerprint density at radius 3 is 2.94 bits per heavy atom. The van der Waals surface area contributed by atoms with Gasteiger partial charge in [0.05, 0.1) is 15.5 Å². The van der Waals surface area contributed by atoms with Crippen molar-refractivity contribution in [3.8, 4) is 0 Å². The molecule has 0 saturated heterocycles. The third-order valence-electron chi connectivity index (χ3n) is 2.29. The number of benzene rings is 1. The lowest BCUT2D eigenvalue weighted by Gasteiger charge is -2.07. The minimum Gasteiger partial charge on any atom is -0.385 e. The minimum absolute atomic E-state index is 0.0525. The number of nitrogens with zero attached hydrogens (tertiary/aromatic N) is 1. The van der Waals surface area contributed by atoms with Crippen LogP contribution in [0.3, 0.4) is 0 Å². The second-order valence-corrected chi connectivity index (χ2v) is 3.92. The van der Waals surface area contributed by atoms with Gasteiger partial charge in [0.25, 0.3) is 5.69 Å². The number of halogens is 1. The van der Waals surface area contributed by atoms with Crippen molar-refractivity contribution in [3.63, 3.8) is 0 Å². The van der Waals surface area contributed by atoms with Crippen LogP contribution in [-0.4, -0.2) is 25.2 Å². The molecule has 0 unspecified atom stereocenters. The van der Waals surface area contributed by atoms with Gasteiger partial charge in [-0.25, -0.2) is 0 Å². The Morgan fingerprint density at radius 1 is 1.53 bits per heavy atom. The molecular formula is C11H15ClN2O3. The van der Waals surface area contributed by atoms with Gasteiger partial charge in [0.15, 0.2) is 0 Å². The first-order chi connectivity index (χ1) is 8.16. The van der Waals surface area contributed by atoms with E-state index in [1.165, 1.54) is 6.07 Å². The van der Waals surface area contributed by atoms with Crippen molar-refractivity contribution < 1.29 is 9.66 Å². The monoisotopic (exact) mass is 258 g/mol. The molecule has 0 fully saturated rings. The van der Waals surface area contributed by atoms with Crippen LogP contribution in [0.15, 0.2) is 18.2 Å². The SMILES string of the molecule is COCCCNCc1c(Cl)cccc1[N+](=O)[O-]. The summed E-state index contributed by atoms with van der Waals surface area (Å²) < 4.78 is 4.91. The van der Waals surface area contributed by atoms with E-state index in [-0.39, 0.29) is 5.69 Å². The van der Waals surface area contributed by atoms with Crippen LogP contribution in [0.5, 0.6) is 0 Å². The van der Waals surface area contributed by atoms with Crippen LogP contribution in [0.4, 0.5) is 5.69 Å². The average Bonchev–Trinajstić information content (AvgIpc) is 2.30. The molecule has 1 aromatic carbocycles. The Labute approximate surface area is 105 Å². The van der Waals surface area contributed by atoms with Crippen LogP contribution in [0.1, 0.15) is 12.0 Å². The summed E-state index contributed by atoms with van der Waals surface area (Å²) in [4.78, 5) is 10.4. The number of hydrogen-bond acceptors (Lipinski definition) is 4. The molecule has 0 heterocycles. The summed E-state index contributed by atoms with van der Waals surface area (Å²) in [7, 11) is 1.64. The molecule has 6 heteroatoms. The average molecular weight is 259 g/mol. The quantitative estimate of drug-likeness (QED) is 0.463. The molecule has 94 valence electrons. The maximum Gasteiger partial charge on any atom is 0.275 e. The van der Waals surface area contributed by atoms with Crippen LogP contribution >= 0.6 is 11.6 Å². The van der Waals surface area contributed by atoms with E-state index in [2.05, 4.69) is 5.32 Å². The summed E-state index contributed by atoms with van der Waals surface area (Å²) >= 11 is 5.94. The third kappa shape index (κ3) is 4.30. The highest BCUT2D eigenvalue weighted by atomic mass is 35.5. The van der Waals surface area contributed by atoms with Gasteiger partial charge in [-0.2, -0.15) is 0 Å². The van der Waals surface area contributed by atoms with Gasteiger partial charge in [-0.3, -0.25) is 10.1 Å². The van der Waals surface area contributed by atoms with Gasteiger partial charge in [0, 0.05) is 26.3 Å². The number of hydrogen-bond donors (Lipinski definition) is 1. The Morgan fingerprint density at radius 2 is 2.29 bits per heavy atom. The highest BCUT2D eigenvalue weighted by molar-refractivity contribution is 6.31. The summed E-state index contributed by atoms with van der Waals surface area (Å²) in [6.45, 7) is 1.79. The summed E-state index contributed by atoms with van der Waals surface area (Å²) in [6, 6.07) is 4.69. The molecular weight excluding hydrogens is 244 g/mol. The van der Waals surface area contributed by atoms with Crippen LogP contribution < -0.4 is 5.32 Å². The first kappa shape index (κ1) is 13.9. The number of nitro benzene ring substituents is 1.